The van der Waals surface area contributed by atoms with Crippen molar-refractivity contribution in [1.29, 1.82) is 0 Å². The summed E-state index contributed by atoms with van der Waals surface area (Å²) in [5, 5.41) is 0. The van der Waals surface area contributed by atoms with Gasteiger partial charge >= 0.3 is 0 Å². The van der Waals surface area contributed by atoms with E-state index in [4.69, 9.17) is 4.74 Å². The number of hydrogen-bond donors (Lipinski definition) is 0. The van der Waals surface area contributed by atoms with E-state index in [1.54, 1.807) is 0 Å². The van der Waals surface area contributed by atoms with Crippen LogP contribution in [0.1, 0.15) is 33.6 Å². The highest BCUT2D eigenvalue weighted by atomic mass is 127. The normalized spacial score (nSPS) is 12.0. The summed E-state index contributed by atoms with van der Waals surface area (Å²) in [7, 11) is -0.899. The maximum Gasteiger partial charge on any atom is 0.0531 e. The lowest BCUT2D eigenvalue weighted by atomic mass is 10.5. The van der Waals surface area contributed by atoms with Crippen LogP contribution < -0.4 is 0 Å². The van der Waals surface area contributed by atoms with E-state index in [2.05, 4.69) is 43.4 Å². The molecule has 92 valence electrons. The van der Waals surface area contributed by atoms with Crippen molar-refractivity contribution in [3.63, 3.8) is 0 Å². The quantitative estimate of drug-likeness (QED) is 0.241. The maximum absolute atomic E-state index is 5.44. The summed E-state index contributed by atoms with van der Waals surface area (Å²) in [6.07, 6.45) is 2.73. The molecule has 0 spiro atoms. The number of rotatable bonds is 10. The van der Waals surface area contributed by atoms with Gasteiger partial charge in [-0.1, -0.05) is 60.6 Å². The Bertz CT molecular complexity index is 138. The summed E-state index contributed by atoms with van der Waals surface area (Å²) < 4.78 is 6.77. The highest BCUT2D eigenvalue weighted by Gasteiger charge is 2.27. The van der Waals surface area contributed by atoms with Crippen molar-refractivity contribution in [1.82, 2.24) is 0 Å². The molecule has 15 heavy (non-hydrogen) atoms. The number of halogens is 1. The van der Waals surface area contributed by atoms with Crippen molar-refractivity contribution in [3.8, 4) is 0 Å². The van der Waals surface area contributed by atoms with E-state index >= 15 is 0 Å². The lowest BCUT2D eigenvalue weighted by Crippen LogP contribution is -2.32. The fourth-order valence-corrected chi connectivity index (χ4v) is 7.30. The third kappa shape index (κ3) is 6.95. The van der Waals surface area contributed by atoms with Crippen molar-refractivity contribution in [3.05, 3.63) is 0 Å². The fourth-order valence-electron chi connectivity index (χ4n) is 2.22. The van der Waals surface area contributed by atoms with E-state index in [-0.39, 0.29) is 0 Å². The molecule has 0 aromatic carbocycles. The molecule has 0 heterocycles. The number of hydrogen-bond acceptors (Lipinski definition) is 1. The molecule has 0 fully saturated rings. The average Bonchev–Trinajstić information content (AvgIpc) is 2.29. The third-order valence-corrected chi connectivity index (χ3v) is 10.1. The molecular formula is C12H27IOSi. The van der Waals surface area contributed by atoms with Crippen LogP contribution >= 0.6 is 22.6 Å². The largest absolute Gasteiger partial charge is 0.382 e. The molecule has 0 aromatic heterocycles. The van der Waals surface area contributed by atoms with Gasteiger partial charge in [0.2, 0.25) is 0 Å². The predicted octanol–water partition coefficient (Wildman–Crippen LogP) is 4.73. The van der Waals surface area contributed by atoms with Gasteiger partial charge in [-0.2, -0.15) is 0 Å². The monoisotopic (exact) mass is 342 g/mol. The SMILES string of the molecule is CCOCCC[Si](CC)(CC)CCCI. The molecule has 0 bridgehead atoms. The zero-order valence-electron chi connectivity index (χ0n) is 10.7. The van der Waals surface area contributed by atoms with Crippen LogP contribution in [0.4, 0.5) is 0 Å². The van der Waals surface area contributed by atoms with E-state index in [9.17, 15) is 0 Å². The van der Waals surface area contributed by atoms with Gasteiger partial charge in [-0.3, -0.25) is 0 Å². The topological polar surface area (TPSA) is 9.23 Å². The van der Waals surface area contributed by atoms with Crippen LogP contribution in [0.5, 0.6) is 0 Å². The Balaban J connectivity index is 3.88. The first kappa shape index (κ1) is 15.9. The first-order valence-corrected chi connectivity index (χ1v) is 10.7. The number of ether oxygens (including phenoxy) is 1. The minimum absolute atomic E-state index is 0.876. The average molecular weight is 342 g/mol. The Labute approximate surface area is 111 Å². The molecule has 0 aliphatic heterocycles. The third-order valence-electron chi connectivity index (χ3n) is 3.54. The van der Waals surface area contributed by atoms with Crippen LogP contribution in [-0.4, -0.2) is 25.7 Å². The first-order chi connectivity index (χ1) is 7.24. The molecule has 0 aromatic rings. The smallest absolute Gasteiger partial charge is 0.0531 e. The zero-order chi connectivity index (χ0) is 11.6. The van der Waals surface area contributed by atoms with E-state index < -0.39 is 8.07 Å². The van der Waals surface area contributed by atoms with Gasteiger partial charge in [-0.25, -0.2) is 0 Å². The summed E-state index contributed by atoms with van der Waals surface area (Å²) in [6.45, 7) is 8.75. The Morgan fingerprint density at radius 3 is 2.07 bits per heavy atom. The van der Waals surface area contributed by atoms with Crippen LogP contribution in [0.2, 0.25) is 24.2 Å². The molecule has 0 atom stereocenters. The molecule has 0 amide bonds. The van der Waals surface area contributed by atoms with Crippen molar-refractivity contribution < 1.29 is 4.74 Å². The van der Waals surface area contributed by atoms with Crippen molar-refractivity contribution in [2.24, 2.45) is 0 Å². The van der Waals surface area contributed by atoms with Gasteiger partial charge in [0.1, 0.15) is 0 Å². The Kier molecular flexibility index (Phi) is 10.7. The maximum atomic E-state index is 5.44. The second kappa shape index (κ2) is 10.1. The predicted molar refractivity (Wildman–Crippen MR) is 80.9 cm³/mol. The van der Waals surface area contributed by atoms with Gasteiger partial charge in [0.15, 0.2) is 0 Å². The van der Waals surface area contributed by atoms with E-state index in [0.717, 1.165) is 13.2 Å². The molecular weight excluding hydrogens is 315 g/mol. The molecule has 0 N–H and O–H groups in total. The van der Waals surface area contributed by atoms with E-state index in [1.165, 1.54) is 41.4 Å². The van der Waals surface area contributed by atoms with Crippen molar-refractivity contribution >= 4 is 30.7 Å². The van der Waals surface area contributed by atoms with Crippen LogP contribution in [0.3, 0.4) is 0 Å². The summed E-state index contributed by atoms with van der Waals surface area (Å²) in [5.41, 5.74) is 0. The summed E-state index contributed by atoms with van der Waals surface area (Å²) in [4.78, 5) is 0. The Morgan fingerprint density at radius 1 is 1.00 bits per heavy atom. The fraction of sp³-hybridized carbons (Fsp3) is 1.00. The van der Waals surface area contributed by atoms with Gasteiger partial charge < -0.3 is 4.74 Å². The molecule has 0 saturated heterocycles. The van der Waals surface area contributed by atoms with E-state index in [1.807, 2.05) is 0 Å². The highest BCUT2D eigenvalue weighted by molar-refractivity contribution is 14.1. The summed E-state index contributed by atoms with van der Waals surface area (Å²) in [5.74, 6) is 0. The Morgan fingerprint density at radius 2 is 1.60 bits per heavy atom. The first-order valence-electron chi connectivity index (χ1n) is 6.38. The van der Waals surface area contributed by atoms with Crippen molar-refractivity contribution in [2.75, 3.05) is 17.6 Å². The number of alkyl halides is 1. The van der Waals surface area contributed by atoms with Gasteiger partial charge in [-0.15, -0.1) is 0 Å². The van der Waals surface area contributed by atoms with Crippen LogP contribution in [0.25, 0.3) is 0 Å². The molecule has 0 aliphatic carbocycles. The summed E-state index contributed by atoms with van der Waals surface area (Å²) in [6, 6.07) is 5.95. The molecule has 0 saturated carbocycles. The zero-order valence-corrected chi connectivity index (χ0v) is 13.8. The molecule has 0 radical (unpaired) electrons. The Hall–Kier alpha value is 0.907. The second-order valence-corrected chi connectivity index (χ2v) is 10.8. The molecule has 3 heteroatoms. The minimum atomic E-state index is -0.899. The molecule has 1 nitrogen and oxygen atoms in total. The molecule has 0 unspecified atom stereocenters. The molecule has 0 aliphatic rings. The van der Waals surface area contributed by atoms with Crippen molar-refractivity contribution in [2.45, 2.75) is 57.8 Å². The van der Waals surface area contributed by atoms with Gasteiger partial charge in [-0.05, 0) is 24.2 Å². The van der Waals surface area contributed by atoms with Gasteiger partial charge in [0, 0.05) is 13.2 Å². The van der Waals surface area contributed by atoms with Crippen LogP contribution in [-0.2, 0) is 4.74 Å². The van der Waals surface area contributed by atoms with Crippen LogP contribution in [0.15, 0.2) is 0 Å². The standard InChI is InChI=1S/C12H27IOSi/c1-4-14-10-8-12-15(5-2,6-3)11-7-9-13/h4-12H2,1-3H3. The van der Waals surface area contributed by atoms with E-state index in [0.29, 0.717) is 0 Å². The highest BCUT2D eigenvalue weighted by Crippen LogP contribution is 2.28. The van der Waals surface area contributed by atoms with Gasteiger partial charge in [0.05, 0.1) is 8.07 Å². The lowest BCUT2D eigenvalue weighted by Gasteiger charge is -2.29. The summed E-state index contributed by atoms with van der Waals surface area (Å²) >= 11 is 2.51. The minimum Gasteiger partial charge on any atom is -0.382 e. The second-order valence-electron chi connectivity index (χ2n) is 4.30. The lowest BCUT2D eigenvalue weighted by molar-refractivity contribution is 0.148. The molecule has 0 rings (SSSR count). The van der Waals surface area contributed by atoms with Gasteiger partial charge in [0.25, 0.3) is 0 Å². The van der Waals surface area contributed by atoms with Crippen LogP contribution in [0, 0.1) is 0 Å².